The maximum atomic E-state index is 12.6. The van der Waals surface area contributed by atoms with Crippen LogP contribution in [0.25, 0.3) is 0 Å². The SMILES string of the molecule is COc1ccc2c(c1)CN(C(=O)Cc1cccc(C(=O)O)c1)CC2. The third kappa shape index (κ3) is 3.40. The number of carboxylic acids is 1. The number of carboxylic acid groups (broad SMARTS) is 1. The number of ether oxygens (including phenoxy) is 1. The Labute approximate surface area is 140 Å². The predicted molar refractivity (Wildman–Crippen MR) is 89.2 cm³/mol. The van der Waals surface area contributed by atoms with Crippen molar-refractivity contribution in [1.29, 1.82) is 0 Å². The number of carbonyl (C=O) groups is 2. The Morgan fingerprint density at radius 3 is 2.75 bits per heavy atom. The number of carbonyl (C=O) groups excluding carboxylic acids is 1. The van der Waals surface area contributed by atoms with Gasteiger partial charge in [0.25, 0.3) is 0 Å². The summed E-state index contributed by atoms with van der Waals surface area (Å²) in [5.41, 5.74) is 3.27. The largest absolute Gasteiger partial charge is 0.497 e. The van der Waals surface area contributed by atoms with Crippen LogP contribution in [-0.4, -0.2) is 35.5 Å². The number of fused-ring (bicyclic) bond motifs is 1. The molecule has 124 valence electrons. The van der Waals surface area contributed by atoms with Crippen LogP contribution in [0, 0.1) is 0 Å². The Balaban J connectivity index is 1.72. The van der Waals surface area contributed by atoms with Crippen LogP contribution < -0.4 is 4.74 Å². The van der Waals surface area contributed by atoms with Crippen LogP contribution in [-0.2, 0) is 24.2 Å². The molecule has 1 aliphatic heterocycles. The highest BCUT2D eigenvalue weighted by Gasteiger charge is 2.21. The second kappa shape index (κ2) is 6.74. The molecule has 0 spiro atoms. The normalized spacial score (nSPS) is 13.3. The van der Waals surface area contributed by atoms with Gasteiger partial charge in [0, 0.05) is 13.1 Å². The smallest absolute Gasteiger partial charge is 0.335 e. The van der Waals surface area contributed by atoms with Crippen LogP contribution in [0.2, 0.25) is 0 Å². The quantitative estimate of drug-likeness (QED) is 0.938. The fourth-order valence-corrected chi connectivity index (χ4v) is 2.97. The summed E-state index contributed by atoms with van der Waals surface area (Å²) >= 11 is 0. The first-order chi connectivity index (χ1) is 11.6. The Kier molecular flexibility index (Phi) is 4.51. The van der Waals surface area contributed by atoms with E-state index in [0.717, 1.165) is 23.3 Å². The molecule has 2 aromatic carbocycles. The maximum Gasteiger partial charge on any atom is 0.335 e. The molecule has 0 bridgehead atoms. The number of hydrogen-bond donors (Lipinski definition) is 1. The zero-order valence-corrected chi connectivity index (χ0v) is 13.5. The van der Waals surface area contributed by atoms with Crippen molar-refractivity contribution < 1.29 is 19.4 Å². The lowest BCUT2D eigenvalue weighted by atomic mass is 9.98. The fourth-order valence-electron chi connectivity index (χ4n) is 2.97. The Hall–Kier alpha value is -2.82. The summed E-state index contributed by atoms with van der Waals surface area (Å²) in [5.74, 6) is -0.188. The molecular weight excluding hydrogens is 306 g/mol. The first-order valence-electron chi connectivity index (χ1n) is 7.82. The molecule has 0 fully saturated rings. The second-order valence-electron chi connectivity index (χ2n) is 5.88. The Morgan fingerprint density at radius 2 is 2.00 bits per heavy atom. The molecular formula is C19H19NO4. The molecule has 2 aromatic rings. The van der Waals surface area contributed by atoms with E-state index in [2.05, 4.69) is 0 Å². The number of nitrogens with zero attached hydrogens (tertiary/aromatic N) is 1. The number of amides is 1. The second-order valence-corrected chi connectivity index (χ2v) is 5.88. The monoisotopic (exact) mass is 325 g/mol. The minimum absolute atomic E-state index is 0.00556. The van der Waals surface area contributed by atoms with Crippen molar-refractivity contribution in [3.8, 4) is 5.75 Å². The van der Waals surface area contributed by atoms with E-state index in [4.69, 9.17) is 9.84 Å². The molecule has 0 aliphatic carbocycles. The van der Waals surface area contributed by atoms with E-state index in [0.29, 0.717) is 13.1 Å². The van der Waals surface area contributed by atoms with E-state index in [-0.39, 0.29) is 17.9 Å². The minimum Gasteiger partial charge on any atom is -0.497 e. The topological polar surface area (TPSA) is 66.8 Å². The fraction of sp³-hybridized carbons (Fsp3) is 0.263. The van der Waals surface area contributed by atoms with Crippen molar-refractivity contribution in [2.75, 3.05) is 13.7 Å². The lowest BCUT2D eigenvalue weighted by molar-refractivity contribution is -0.131. The molecule has 1 heterocycles. The molecule has 0 atom stereocenters. The van der Waals surface area contributed by atoms with E-state index >= 15 is 0 Å². The van der Waals surface area contributed by atoms with Crippen molar-refractivity contribution >= 4 is 11.9 Å². The van der Waals surface area contributed by atoms with E-state index < -0.39 is 5.97 Å². The first-order valence-corrected chi connectivity index (χ1v) is 7.82. The maximum absolute atomic E-state index is 12.6. The van der Waals surface area contributed by atoms with Gasteiger partial charge in [-0.05, 0) is 47.4 Å². The lowest BCUT2D eigenvalue weighted by Crippen LogP contribution is -2.36. The van der Waals surface area contributed by atoms with Crippen LogP contribution in [0.1, 0.15) is 27.0 Å². The molecule has 5 nitrogen and oxygen atoms in total. The van der Waals surface area contributed by atoms with E-state index in [1.54, 1.807) is 25.3 Å². The molecule has 3 rings (SSSR count). The van der Waals surface area contributed by atoms with Crippen LogP contribution in [0.4, 0.5) is 0 Å². The van der Waals surface area contributed by atoms with Gasteiger partial charge >= 0.3 is 5.97 Å². The lowest BCUT2D eigenvalue weighted by Gasteiger charge is -2.29. The van der Waals surface area contributed by atoms with Crippen molar-refractivity contribution in [3.63, 3.8) is 0 Å². The standard InChI is InChI=1S/C19H19NO4/c1-24-17-6-5-14-7-8-20(12-16(14)11-17)18(21)10-13-3-2-4-15(9-13)19(22)23/h2-6,9,11H,7-8,10,12H2,1H3,(H,22,23). The van der Waals surface area contributed by atoms with Crippen molar-refractivity contribution in [1.82, 2.24) is 4.90 Å². The predicted octanol–water partition coefficient (Wildman–Crippen LogP) is 2.52. The highest BCUT2D eigenvalue weighted by atomic mass is 16.5. The van der Waals surface area contributed by atoms with Crippen molar-refractivity contribution in [2.45, 2.75) is 19.4 Å². The number of rotatable bonds is 4. The molecule has 5 heteroatoms. The summed E-state index contributed by atoms with van der Waals surface area (Å²) in [7, 11) is 1.63. The van der Waals surface area contributed by atoms with Crippen LogP contribution >= 0.6 is 0 Å². The Morgan fingerprint density at radius 1 is 1.17 bits per heavy atom. The molecule has 1 aliphatic rings. The van der Waals surface area contributed by atoms with E-state index in [1.807, 2.05) is 23.1 Å². The van der Waals surface area contributed by atoms with Gasteiger partial charge in [0.05, 0.1) is 19.1 Å². The molecule has 1 amide bonds. The summed E-state index contributed by atoms with van der Waals surface area (Å²) in [6.45, 7) is 1.24. The third-order valence-corrected chi connectivity index (χ3v) is 4.31. The summed E-state index contributed by atoms with van der Waals surface area (Å²) in [5, 5.41) is 9.04. The average Bonchev–Trinajstić information content (AvgIpc) is 2.60. The third-order valence-electron chi connectivity index (χ3n) is 4.31. The van der Waals surface area contributed by atoms with Gasteiger partial charge in [-0.3, -0.25) is 4.79 Å². The molecule has 24 heavy (non-hydrogen) atoms. The van der Waals surface area contributed by atoms with Crippen molar-refractivity contribution in [2.24, 2.45) is 0 Å². The van der Waals surface area contributed by atoms with Gasteiger partial charge in [0.1, 0.15) is 5.75 Å². The number of benzene rings is 2. The average molecular weight is 325 g/mol. The molecule has 0 saturated carbocycles. The highest BCUT2D eigenvalue weighted by molar-refractivity contribution is 5.88. The van der Waals surface area contributed by atoms with Gasteiger partial charge in [-0.15, -0.1) is 0 Å². The number of hydrogen-bond acceptors (Lipinski definition) is 3. The zero-order valence-electron chi connectivity index (χ0n) is 13.5. The van der Waals surface area contributed by atoms with Gasteiger partial charge in [-0.1, -0.05) is 18.2 Å². The van der Waals surface area contributed by atoms with Crippen LogP contribution in [0.3, 0.4) is 0 Å². The molecule has 0 aromatic heterocycles. The van der Waals surface area contributed by atoms with Gasteiger partial charge in [0.2, 0.25) is 5.91 Å². The zero-order chi connectivity index (χ0) is 17.1. The van der Waals surface area contributed by atoms with Gasteiger partial charge in [-0.2, -0.15) is 0 Å². The van der Waals surface area contributed by atoms with Crippen molar-refractivity contribution in [3.05, 3.63) is 64.7 Å². The molecule has 1 N–H and O–H groups in total. The number of aromatic carboxylic acids is 1. The molecule has 0 unspecified atom stereocenters. The van der Waals surface area contributed by atoms with Crippen LogP contribution in [0.5, 0.6) is 5.75 Å². The van der Waals surface area contributed by atoms with Gasteiger partial charge in [0.15, 0.2) is 0 Å². The summed E-state index contributed by atoms with van der Waals surface area (Å²) in [6.07, 6.45) is 1.03. The molecule has 0 saturated heterocycles. The van der Waals surface area contributed by atoms with Gasteiger partial charge in [-0.25, -0.2) is 4.79 Å². The Bertz CT molecular complexity index is 785. The first kappa shape index (κ1) is 16.1. The summed E-state index contributed by atoms with van der Waals surface area (Å²) < 4.78 is 5.25. The van der Waals surface area contributed by atoms with Crippen LogP contribution in [0.15, 0.2) is 42.5 Å². The number of methoxy groups -OCH3 is 1. The highest BCUT2D eigenvalue weighted by Crippen LogP contribution is 2.24. The minimum atomic E-state index is -0.983. The van der Waals surface area contributed by atoms with E-state index in [1.165, 1.54) is 11.6 Å². The summed E-state index contributed by atoms with van der Waals surface area (Å²) in [6, 6.07) is 12.5. The van der Waals surface area contributed by atoms with Gasteiger partial charge < -0.3 is 14.7 Å². The molecule has 0 radical (unpaired) electrons. The van der Waals surface area contributed by atoms with E-state index in [9.17, 15) is 9.59 Å². The summed E-state index contributed by atoms with van der Waals surface area (Å²) in [4.78, 5) is 25.4.